The lowest BCUT2D eigenvalue weighted by Gasteiger charge is -2.26. The molecule has 0 aromatic carbocycles. The number of ether oxygens (including phenoxy) is 1. The molecule has 28 heavy (non-hydrogen) atoms. The summed E-state index contributed by atoms with van der Waals surface area (Å²) in [6.07, 6.45) is 9.97. The summed E-state index contributed by atoms with van der Waals surface area (Å²) in [4.78, 5) is 20.6. The van der Waals surface area contributed by atoms with E-state index in [1.807, 2.05) is 0 Å². The van der Waals surface area contributed by atoms with Crippen molar-refractivity contribution in [3.8, 4) is 0 Å². The van der Waals surface area contributed by atoms with Crippen LogP contribution in [0.15, 0.2) is 29.5 Å². The number of hydrogen-bond donors (Lipinski definition) is 0. The lowest BCUT2D eigenvalue weighted by Crippen LogP contribution is -2.39. The molecule has 0 fully saturated rings. The van der Waals surface area contributed by atoms with Gasteiger partial charge in [-0.1, -0.05) is 51.5 Å². The van der Waals surface area contributed by atoms with Crippen LogP contribution in [0.4, 0.5) is 8.78 Å². The van der Waals surface area contributed by atoms with E-state index in [4.69, 9.17) is 4.74 Å². The third kappa shape index (κ3) is 6.35. The van der Waals surface area contributed by atoms with Gasteiger partial charge in [0.25, 0.3) is 5.92 Å². The van der Waals surface area contributed by atoms with E-state index < -0.39 is 23.9 Å². The Bertz CT molecular complexity index is 635. The summed E-state index contributed by atoms with van der Waals surface area (Å²) in [5.41, 5.74) is 1.20. The summed E-state index contributed by atoms with van der Waals surface area (Å²) in [7, 11) is 0. The molecule has 0 radical (unpaired) electrons. The average molecular weight is 395 g/mol. The van der Waals surface area contributed by atoms with E-state index in [1.165, 1.54) is 19.3 Å². The summed E-state index contributed by atoms with van der Waals surface area (Å²) < 4.78 is 35.0. The van der Waals surface area contributed by atoms with Crippen molar-refractivity contribution in [2.24, 2.45) is 10.9 Å². The molecule has 1 aliphatic rings. The Morgan fingerprint density at radius 2 is 1.89 bits per heavy atom. The van der Waals surface area contributed by atoms with E-state index in [0.29, 0.717) is 17.7 Å². The minimum absolute atomic E-state index is 0.0681. The van der Waals surface area contributed by atoms with Gasteiger partial charge in [-0.05, 0) is 19.4 Å². The second-order valence-corrected chi connectivity index (χ2v) is 7.46. The molecule has 2 heterocycles. The smallest absolute Gasteiger partial charge is 0.331 e. The van der Waals surface area contributed by atoms with Crippen molar-refractivity contribution in [2.45, 2.75) is 83.6 Å². The van der Waals surface area contributed by atoms with Crippen LogP contribution in [0, 0.1) is 5.92 Å². The predicted molar refractivity (Wildman–Crippen MR) is 107 cm³/mol. The third-order valence-electron chi connectivity index (χ3n) is 5.27. The van der Waals surface area contributed by atoms with Crippen molar-refractivity contribution in [3.63, 3.8) is 0 Å². The number of aromatic nitrogens is 1. The van der Waals surface area contributed by atoms with Gasteiger partial charge in [-0.15, -0.1) is 0 Å². The molecule has 0 spiro atoms. The lowest BCUT2D eigenvalue weighted by atomic mass is 9.87. The fourth-order valence-electron chi connectivity index (χ4n) is 3.68. The number of rotatable bonds is 12. The zero-order valence-electron chi connectivity index (χ0n) is 17.0. The van der Waals surface area contributed by atoms with Crippen LogP contribution in [0.3, 0.4) is 0 Å². The molecule has 1 aromatic rings. The van der Waals surface area contributed by atoms with Crippen molar-refractivity contribution in [1.29, 1.82) is 0 Å². The largest absolute Gasteiger partial charge is 0.464 e. The minimum Gasteiger partial charge on any atom is -0.464 e. The van der Waals surface area contributed by atoms with Gasteiger partial charge in [-0.25, -0.2) is 13.6 Å². The molecular weight excluding hydrogens is 362 g/mol. The Labute approximate surface area is 166 Å². The third-order valence-corrected chi connectivity index (χ3v) is 5.27. The fraction of sp³-hybridized carbons (Fsp3) is 0.682. The number of nitrogens with zero attached hydrogens (tertiary/aromatic N) is 2. The molecule has 0 saturated heterocycles. The van der Waals surface area contributed by atoms with E-state index in [2.05, 4.69) is 16.9 Å². The average Bonchev–Trinajstić information content (AvgIpc) is 3.15. The number of aliphatic imine (C=N–C) groups is 1. The van der Waals surface area contributed by atoms with Gasteiger partial charge in [0.1, 0.15) is 0 Å². The number of carbonyl (C=O) groups excluding carboxylic acids is 1. The highest BCUT2D eigenvalue weighted by Gasteiger charge is 2.50. The Hall–Kier alpha value is -1.85. The highest BCUT2D eigenvalue weighted by atomic mass is 19.3. The SMILES string of the molecule is CCCCCCCCCC(F)(F)[C@H]1CC(c2cccnc2)=N[C@@H]1C(=O)OCC. The number of pyridine rings is 1. The lowest BCUT2D eigenvalue weighted by molar-refractivity contribution is -0.151. The molecule has 0 amide bonds. The Morgan fingerprint density at radius 3 is 2.54 bits per heavy atom. The first-order chi connectivity index (χ1) is 13.5. The first-order valence-corrected chi connectivity index (χ1v) is 10.5. The normalized spacial score (nSPS) is 19.5. The molecule has 4 nitrogen and oxygen atoms in total. The molecule has 0 saturated carbocycles. The first kappa shape index (κ1) is 22.4. The van der Waals surface area contributed by atoms with Crippen LogP contribution in [0.2, 0.25) is 0 Å². The second kappa shape index (κ2) is 11.2. The maximum Gasteiger partial charge on any atom is 0.331 e. The molecule has 0 aliphatic carbocycles. The highest BCUT2D eigenvalue weighted by Crippen LogP contribution is 2.41. The fourth-order valence-corrected chi connectivity index (χ4v) is 3.68. The van der Waals surface area contributed by atoms with E-state index >= 15 is 8.78 Å². The molecule has 0 bridgehead atoms. The van der Waals surface area contributed by atoms with Crippen LogP contribution >= 0.6 is 0 Å². The van der Waals surface area contributed by atoms with Crippen LogP contribution in [-0.4, -0.2) is 35.2 Å². The number of hydrogen-bond acceptors (Lipinski definition) is 4. The van der Waals surface area contributed by atoms with Gasteiger partial charge < -0.3 is 4.74 Å². The number of unbranched alkanes of at least 4 members (excludes halogenated alkanes) is 6. The van der Waals surface area contributed by atoms with Gasteiger partial charge in [0.05, 0.1) is 12.5 Å². The van der Waals surface area contributed by atoms with Gasteiger partial charge in [-0.2, -0.15) is 0 Å². The van der Waals surface area contributed by atoms with Crippen molar-refractivity contribution < 1.29 is 18.3 Å². The van der Waals surface area contributed by atoms with Crippen LogP contribution < -0.4 is 0 Å². The number of esters is 1. The molecule has 1 aromatic heterocycles. The van der Waals surface area contributed by atoms with Gasteiger partial charge >= 0.3 is 5.97 Å². The van der Waals surface area contributed by atoms with Crippen molar-refractivity contribution in [2.75, 3.05) is 6.61 Å². The van der Waals surface area contributed by atoms with E-state index in [1.54, 1.807) is 31.5 Å². The Morgan fingerprint density at radius 1 is 1.18 bits per heavy atom. The van der Waals surface area contributed by atoms with Crippen molar-refractivity contribution in [3.05, 3.63) is 30.1 Å². The molecule has 6 heteroatoms. The Balaban J connectivity index is 1.99. The van der Waals surface area contributed by atoms with Gasteiger partial charge in [-0.3, -0.25) is 9.98 Å². The van der Waals surface area contributed by atoms with E-state index in [9.17, 15) is 4.79 Å². The van der Waals surface area contributed by atoms with Gasteiger partial charge in [0.15, 0.2) is 6.04 Å². The van der Waals surface area contributed by atoms with Crippen LogP contribution in [0.5, 0.6) is 0 Å². The monoisotopic (exact) mass is 394 g/mol. The standard InChI is InChI=1S/C22H32F2N2O2/c1-3-5-6-7-8-9-10-13-22(23,24)18-15-19(17-12-11-14-25-16-17)26-20(18)21(27)28-4-2/h11-12,14,16,18,20H,3-10,13,15H2,1-2H3/t18-,20-/m0/s1. The molecule has 2 atom stereocenters. The molecular formula is C22H32F2N2O2. The van der Waals surface area contributed by atoms with Gasteiger partial charge in [0.2, 0.25) is 0 Å². The minimum atomic E-state index is -2.95. The molecule has 156 valence electrons. The second-order valence-electron chi connectivity index (χ2n) is 7.46. The molecule has 1 aliphatic heterocycles. The van der Waals surface area contributed by atoms with E-state index in [-0.39, 0.29) is 19.4 Å². The Kier molecular flexibility index (Phi) is 9.00. The maximum atomic E-state index is 15.0. The summed E-state index contributed by atoms with van der Waals surface area (Å²) in [5, 5.41) is 0. The number of carbonyl (C=O) groups is 1. The maximum absolute atomic E-state index is 15.0. The summed E-state index contributed by atoms with van der Waals surface area (Å²) in [6, 6.07) is 2.38. The molecule has 2 rings (SSSR count). The van der Waals surface area contributed by atoms with E-state index in [0.717, 1.165) is 19.3 Å². The highest BCUT2D eigenvalue weighted by molar-refractivity contribution is 6.03. The predicted octanol–water partition coefficient (Wildman–Crippen LogP) is 5.60. The van der Waals surface area contributed by atoms with Crippen molar-refractivity contribution in [1.82, 2.24) is 4.98 Å². The van der Waals surface area contributed by atoms with Crippen molar-refractivity contribution >= 4 is 11.7 Å². The van der Waals surface area contributed by atoms with Crippen LogP contribution in [0.25, 0.3) is 0 Å². The topological polar surface area (TPSA) is 51.5 Å². The van der Waals surface area contributed by atoms with Crippen LogP contribution in [0.1, 0.15) is 77.2 Å². The van der Waals surface area contributed by atoms with Gasteiger partial charge in [0, 0.05) is 36.5 Å². The summed E-state index contributed by atoms with van der Waals surface area (Å²) in [6.45, 7) is 3.98. The van der Waals surface area contributed by atoms with Crippen LogP contribution in [-0.2, 0) is 9.53 Å². The quantitative estimate of drug-likeness (QED) is 0.343. The first-order valence-electron chi connectivity index (χ1n) is 10.5. The number of halogens is 2. The zero-order chi connectivity index (χ0) is 20.4. The summed E-state index contributed by atoms with van der Waals surface area (Å²) in [5.74, 6) is -4.76. The number of alkyl halides is 2. The summed E-state index contributed by atoms with van der Waals surface area (Å²) >= 11 is 0. The zero-order valence-corrected chi connectivity index (χ0v) is 17.0. The molecule has 0 unspecified atom stereocenters. The molecule has 0 N–H and O–H groups in total.